The Morgan fingerprint density at radius 2 is 1.97 bits per heavy atom. The third-order valence-electron chi connectivity index (χ3n) is 6.65. The highest BCUT2D eigenvalue weighted by molar-refractivity contribution is 6.33. The summed E-state index contributed by atoms with van der Waals surface area (Å²) in [5.74, 6) is -1.60. The van der Waals surface area contributed by atoms with Gasteiger partial charge in [-0.15, -0.1) is 0 Å². The molecular formula is C25H25ClF2N4O. The topological polar surface area (TPSA) is 59.0 Å². The molecule has 0 spiro atoms. The second-order valence-corrected chi connectivity index (χ2v) is 9.30. The van der Waals surface area contributed by atoms with Gasteiger partial charge in [-0.1, -0.05) is 23.7 Å². The highest BCUT2D eigenvalue weighted by Crippen LogP contribution is 2.45. The molecule has 172 valence electrons. The van der Waals surface area contributed by atoms with Gasteiger partial charge in [-0.25, -0.2) is 8.78 Å². The lowest BCUT2D eigenvalue weighted by atomic mass is 9.85. The van der Waals surface area contributed by atoms with Gasteiger partial charge in [0, 0.05) is 36.7 Å². The summed E-state index contributed by atoms with van der Waals surface area (Å²) in [5, 5.41) is 11.2. The molecule has 1 saturated carbocycles. The van der Waals surface area contributed by atoms with E-state index >= 15 is 0 Å². The van der Waals surface area contributed by atoms with Crippen LogP contribution in [0.1, 0.15) is 52.6 Å². The number of amides is 1. The first-order chi connectivity index (χ1) is 15.9. The second kappa shape index (κ2) is 8.88. The van der Waals surface area contributed by atoms with Crippen molar-refractivity contribution in [3.63, 3.8) is 0 Å². The average molecular weight is 471 g/mol. The zero-order valence-corrected chi connectivity index (χ0v) is 19.0. The largest absolute Gasteiger partial charge is 0.347 e. The van der Waals surface area contributed by atoms with Crippen LogP contribution in [-0.4, -0.2) is 34.8 Å². The van der Waals surface area contributed by atoms with Crippen LogP contribution in [0.2, 0.25) is 5.02 Å². The number of piperidine rings is 1. The molecule has 0 radical (unpaired) electrons. The number of aryl methyl sites for hydroxylation is 1. The lowest BCUT2D eigenvalue weighted by Gasteiger charge is -2.33. The van der Waals surface area contributed by atoms with E-state index < -0.39 is 11.6 Å². The normalized spacial score (nSPS) is 20.6. The van der Waals surface area contributed by atoms with Gasteiger partial charge in [0.1, 0.15) is 0 Å². The molecule has 0 bridgehead atoms. The van der Waals surface area contributed by atoms with Crippen LogP contribution in [0.25, 0.3) is 11.3 Å². The molecule has 2 N–H and O–H groups in total. The van der Waals surface area contributed by atoms with Crippen molar-refractivity contribution in [3.8, 4) is 11.3 Å². The fourth-order valence-corrected chi connectivity index (χ4v) is 5.04. The molecule has 1 aromatic heterocycles. The number of carbonyl (C=O) groups excluding carboxylic acids is 1. The van der Waals surface area contributed by atoms with E-state index in [-0.39, 0.29) is 17.9 Å². The van der Waals surface area contributed by atoms with E-state index in [9.17, 15) is 13.6 Å². The summed E-state index contributed by atoms with van der Waals surface area (Å²) in [5.41, 5.74) is 4.22. The van der Waals surface area contributed by atoms with E-state index in [1.165, 1.54) is 6.07 Å². The number of carbonyl (C=O) groups is 1. The van der Waals surface area contributed by atoms with E-state index in [0.29, 0.717) is 28.6 Å². The summed E-state index contributed by atoms with van der Waals surface area (Å²) in [7, 11) is 1.85. The quantitative estimate of drug-likeness (QED) is 0.564. The molecule has 5 rings (SSSR count). The van der Waals surface area contributed by atoms with Crippen LogP contribution in [0.4, 0.5) is 8.78 Å². The zero-order chi connectivity index (χ0) is 23.1. The second-order valence-electron chi connectivity index (χ2n) is 8.89. The molecule has 2 atom stereocenters. The molecule has 33 heavy (non-hydrogen) atoms. The summed E-state index contributed by atoms with van der Waals surface area (Å²) in [6, 6.07) is 9.46. The molecule has 2 heterocycles. The fraction of sp³-hybridized carbons (Fsp3) is 0.360. The Morgan fingerprint density at radius 1 is 1.15 bits per heavy atom. The first-order valence-electron chi connectivity index (χ1n) is 11.2. The first-order valence-corrected chi connectivity index (χ1v) is 11.6. The number of nitrogens with zero attached hydrogens (tertiary/aromatic N) is 2. The van der Waals surface area contributed by atoms with Gasteiger partial charge in [0.05, 0.1) is 16.9 Å². The molecular weight excluding hydrogens is 446 g/mol. The number of rotatable bonds is 5. The highest BCUT2D eigenvalue weighted by atomic mass is 35.5. The SMILES string of the molecule is Cn1ncc(Cl)c1-c1ccc(C(=O)N[C@@H]2CNCC[C@H]2c2ccc(F)c(F)c2)cc1C1CC1. The molecule has 1 aliphatic carbocycles. The number of benzene rings is 2. The number of aromatic nitrogens is 2. The van der Waals surface area contributed by atoms with Crippen molar-refractivity contribution >= 4 is 17.5 Å². The zero-order valence-electron chi connectivity index (χ0n) is 18.2. The van der Waals surface area contributed by atoms with Gasteiger partial charge >= 0.3 is 0 Å². The molecule has 1 amide bonds. The fourth-order valence-electron chi connectivity index (χ4n) is 4.77. The molecule has 2 aromatic carbocycles. The van der Waals surface area contributed by atoms with E-state index in [1.54, 1.807) is 16.9 Å². The van der Waals surface area contributed by atoms with Gasteiger partial charge < -0.3 is 10.6 Å². The summed E-state index contributed by atoms with van der Waals surface area (Å²) in [6.07, 6.45) is 4.51. The van der Waals surface area contributed by atoms with Crippen molar-refractivity contribution < 1.29 is 13.6 Å². The first kappa shape index (κ1) is 22.0. The Bertz CT molecular complexity index is 1190. The van der Waals surface area contributed by atoms with E-state index in [0.717, 1.165) is 48.7 Å². The average Bonchev–Trinajstić information content (AvgIpc) is 3.60. The molecule has 1 saturated heterocycles. The van der Waals surface area contributed by atoms with Crippen molar-refractivity contribution in [1.29, 1.82) is 0 Å². The standard InChI is InChI=1S/C25H25ClF2N4O/c1-32-24(20(26)12-30-32)18-6-4-16(10-19(18)14-2-3-14)25(33)31-23-13-29-9-8-17(23)15-5-7-21(27)22(28)11-15/h4-7,10-12,14,17,23,29H,2-3,8-9,13H2,1H3,(H,31,33)/t17-,23+/m0/s1. The van der Waals surface area contributed by atoms with Crippen molar-refractivity contribution in [1.82, 2.24) is 20.4 Å². The Balaban J connectivity index is 1.41. The van der Waals surface area contributed by atoms with E-state index in [4.69, 9.17) is 11.6 Å². The van der Waals surface area contributed by atoms with Crippen LogP contribution in [-0.2, 0) is 7.05 Å². The Labute approximate surface area is 196 Å². The minimum absolute atomic E-state index is 0.0966. The predicted octanol–water partition coefficient (Wildman–Crippen LogP) is 4.77. The lowest BCUT2D eigenvalue weighted by Crippen LogP contribution is -2.50. The highest BCUT2D eigenvalue weighted by Gasteiger charge is 2.31. The maximum absolute atomic E-state index is 13.8. The minimum atomic E-state index is -0.866. The van der Waals surface area contributed by atoms with Gasteiger partial charge in [0.25, 0.3) is 5.91 Å². The number of hydrogen-bond donors (Lipinski definition) is 2. The van der Waals surface area contributed by atoms with Crippen LogP contribution >= 0.6 is 11.6 Å². The molecule has 5 nitrogen and oxygen atoms in total. The molecule has 1 aliphatic heterocycles. The van der Waals surface area contributed by atoms with Crippen LogP contribution < -0.4 is 10.6 Å². The van der Waals surface area contributed by atoms with E-state index in [2.05, 4.69) is 15.7 Å². The van der Waals surface area contributed by atoms with Gasteiger partial charge in [-0.3, -0.25) is 9.48 Å². The van der Waals surface area contributed by atoms with Gasteiger partial charge in [0.15, 0.2) is 11.6 Å². The molecule has 0 unspecified atom stereocenters. The van der Waals surface area contributed by atoms with Crippen molar-refractivity contribution in [3.05, 3.63) is 75.9 Å². The Kier molecular flexibility index (Phi) is 5.93. The monoisotopic (exact) mass is 470 g/mol. The summed E-state index contributed by atoms with van der Waals surface area (Å²) >= 11 is 6.38. The van der Waals surface area contributed by atoms with Crippen LogP contribution in [0.3, 0.4) is 0 Å². The number of halogens is 3. The van der Waals surface area contributed by atoms with Crippen molar-refractivity contribution in [2.24, 2.45) is 7.05 Å². The van der Waals surface area contributed by atoms with Gasteiger partial charge in [-0.05, 0) is 67.1 Å². The Morgan fingerprint density at radius 3 is 2.67 bits per heavy atom. The third-order valence-corrected chi connectivity index (χ3v) is 6.93. The minimum Gasteiger partial charge on any atom is -0.347 e. The lowest BCUT2D eigenvalue weighted by molar-refractivity contribution is 0.0924. The maximum Gasteiger partial charge on any atom is 0.251 e. The van der Waals surface area contributed by atoms with Crippen molar-refractivity contribution in [2.45, 2.75) is 37.1 Å². The predicted molar refractivity (Wildman–Crippen MR) is 123 cm³/mol. The molecule has 2 aliphatic rings. The summed E-state index contributed by atoms with van der Waals surface area (Å²) in [6.45, 7) is 1.32. The summed E-state index contributed by atoms with van der Waals surface area (Å²) in [4.78, 5) is 13.2. The van der Waals surface area contributed by atoms with Gasteiger partial charge in [0.2, 0.25) is 0 Å². The molecule has 3 aromatic rings. The van der Waals surface area contributed by atoms with Crippen molar-refractivity contribution in [2.75, 3.05) is 13.1 Å². The summed E-state index contributed by atoms with van der Waals surface area (Å²) < 4.78 is 29.0. The number of nitrogens with one attached hydrogen (secondary N) is 2. The van der Waals surface area contributed by atoms with Gasteiger partial charge in [-0.2, -0.15) is 5.10 Å². The smallest absolute Gasteiger partial charge is 0.251 e. The Hall–Kier alpha value is -2.77. The third kappa shape index (κ3) is 4.39. The van der Waals surface area contributed by atoms with Crippen LogP contribution in [0, 0.1) is 11.6 Å². The van der Waals surface area contributed by atoms with Crippen LogP contribution in [0.5, 0.6) is 0 Å². The van der Waals surface area contributed by atoms with Crippen LogP contribution in [0.15, 0.2) is 42.6 Å². The maximum atomic E-state index is 13.8. The molecule has 2 fully saturated rings. The number of hydrogen-bond acceptors (Lipinski definition) is 3. The van der Waals surface area contributed by atoms with E-state index in [1.807, 2.05) is 25.2 Å². The molecule has 8 heteroatoms.